The smallest absolute Gasteiger partial charge is 0.371 e. The average molecular weight is 201 g/mol. The van der Waals surface area contributed by atoms with Crippen molar-refractivity contribution in [3.63, 3.8) is 0 Å². The van der Waals surface area contributed by atoms with Crippen LogP contribution in [0, 0.1) is 0 Å². The van der Waals surface area contributed by atoms with Gasteiger partial charge in [0.15, 0.2) is 11.2 Å². The minimum atomic E-state index is -1.43. The first kappa shape index (κ1) is 11.8. The molecule has 0 fully saturated rings. The van der Waals surface area contributed by atoms with Crippen LogP contribution >= 0.6 is 0 Å². The van der Waals surface area contributed by atoms with Crippen LogP contribution in [0.3, 0.4) is 0 Å². The summed E-state index contributed by atoms with van der Waals surface area (Å²) in [7, 11) is 0. The molecule has 5 N–H and O–H groups in total. The van der Waals surface area contributed by atoms with Crippen LogP contribution < -0.4 is 11.2 Å². The SMILES string of the molecule is NC(=O)c1cc(=O)cc(C(=O)O)o1.O. The monoisotopic (exact) mass is 201 g/mol. The normalized spacial score (nSPS) is 8.86. The number of hydrogen-bond donors (Lipinski definition) is 2. The zero-order chi connectivity index (χ0) is 10.0. The quantitative estimate of drug-likeness (QED) is 0.605. The van der Waals surface area contributed by atoms with E-state index in [-0.39, 0.29) is 5.48 Å². The van der Waals surface area contributed by atoms with Crippen molar-refractivity contribution in [1.82, 2.24) is 0 Å². The molecule has 1 heterocycles. The Balaban J connectivity index is 0.00000169. The van der Waals surface area contributed by atoms with Crippen LogP contribution in [-0.4, -0.2) is 22.5 Å². The lowest BCUT2D eigenvalue weighted by atomic mass is 10.3. The van der Waals surface area contributed by atoms with Crippen LogP contribution in [0.2, 0.25) is 0 Å². The second kappa shape index (κ2) is 4.19. The predicted octanol–water partition coefficient (Wildman–Crippen LogP) is -1.39. The highest BCUT2D eigenvalue weighted by Crippen LogP contribution is 2.00. The second-order valence-corrected chi connectivity index (χ2v) is 2.19. The van der Waals surface area contributed by atoms with Crippen LogP contribution in [-0.2, 0) is 0 Å². The van der Waals surface area contributed by atoms with Crippen LogP contribution in [0.5, 0.6) is 0 Å². The molecule has 7 heteroatoms. The Labute approximate surface area is 77.1 Å². The Morgan fingerprint density at radius 3 is 2.21 bits per heavy atom. The van der Waals surface area contributed by atoms with E-state index >= 15 is 0 Å². The fourth-order valence-electron chi connectivity index (χ4n) is 0.704. The third kappa shape index (κ3) is 2.42. The van der Waals surface area contributed by atoms with Gasteiger partial charge in [0.05, 0.1) is 0 Å². The molecule has 1 rings (SSSR count). The summed E-state index contributed by atoms with van der Waals surface area (Å²) in [4.78, 5) is 31.7. The lowest BCUT2D eigenvalue weighted by molar-refractivity contribution is 0.0656. The average Bonchev–Trinajstić information content (AvgIpc) is 2.03. The van der Waals surface area contributed by atoms with Crippen LogP contribution in [0.4, 0.5) is 0 Å². The summed E-state index contributed by atoms with van der Waals surface area (Å²) < 4.78 is 4.51. The van der Waals surface area contributed by atoms with E-state index in [1.807, 2.05) is 0 Å². The summed E-state index contributed by atoms with van der Waals surface area (Å²) >= 11 is 0. The number of carbonyl (C=O) groups is 2. The highest BCUT2D eigenvalue weighted by molar-refractivity contribution is 5.91. The van der Waals surface area contributed by atoms with Gasteiger partial charge in [0.25, 0.3) is 5.91 Å². The molecular formula is C7H7NO6. The Hall–Kier alpha value is -2.15. The molecule has 0 atom stereocenters. The first-order valence-electron chi connectivity index (χ1n) is 3.19. The summed E-state index contributed by atoms with van der Waals surface area (Å²) in [5, 5.41) is 8.43. The summed E-state index contributed by atoms with van der Waals surface area (Å²) in [6, 6.07) is 1.59. The Bertz CT molecular complexity index is 385. The molecule has 0 radical (unpaired) electrons. The molecule has 0 aliphatic rings. The minimum absolute atomic E-state index is 0. The third-order valence-corrected chi connectivity index (χ3v) is 1.22. The van der Waals surface area contributed by atoms with E-state index in [9.17, 15) is 14.4 Å². The summed E-state index contributed by atoms with van der Waals surface area (Å²) in [5.74, 6) is -3.49. The minimum Gasteiger partial charge on any atom is -0.475 e. The topological polar surface area (TPSA) is 142 Å². The molecule has 0 aliphatic heterocycles. The van der Waals surface area contributed by atoms with Gasteiger partial charge in [0, 0.05) is 12.1 Å². The molecular weight excluding hydrogens is 194 g/mol. The maximum Gasteiger partial charge on any atom is 0.371 e. The lowest BCUT2D eigenvalue weighted by Gasteiger charge is -1.95. The molecule has 0 saturated carbocycles. The Morgan fingerprint density at radius 1 is 1.29 bits per heavy atom. The molecule has 0 aliphatic carbocycles. The van der Waals surface area contributed by atoms with Crippen LogP contribution in [0.15, 0.2) is 21.3 Å². The van der Waals surface area contributed by atoms with Gasteiger partial charge in [-0.25, -0.2) is 4.79 Å². The first-order chi connectivity index (χ1) is 6.00. The molecule has 7 nitrogen and oxygen atoms in total. The second-order valence-electron chi connectivity index (χ2n) is 2.19. The van der Waals surface area contributed by atoms with Crippen molar-refractivity contribution in [1.29, 1.82) is 0 Å². The van der Waals surface area contributed by atoms with Crippen molar-refractivity contribution in [2.24, 2.45) is 5.73 Å². The molecule has 1 amide bonds. The van der Waals surface area contributed by atoms with Crippen molar-refractivity contribution >= 4 is 11.9 Å². The van der Waals surface area contributed by atoms with E-state index in [4.69, 9.17) is 10.8 Å². The van der Waals surface area contributed by atoms with Gasteiger partial charge in [-0.05, 0) is 0 Å². The number of primary amides is 1. The van der Waals surface area contributed by atoms with Crippen molar-refractivity contribution in [3.05, 3.63) is 33.9 Å². The maximum atomic E-state index is 10.8. The molecule has 0 bridgehead atoms. The van der Waals surface area contributed by atoms with Gasteiger partial charge in [-0.3, -0.25) is 9.59 Å². The zero-order valence-corrected chi connectivity index (χ0v) is 6.81. The Kier molecular flexibility index (Phi) is 3.55. The third-order valence-electron chi connectivity index (χ3n) is 1.22. The molecule has 0 aromatic carbocycles. The highest BCUT2D eigenvalue weighted by atomic mass is 16.4. The molecule has 0 saturated heterocycles. The Morgan fingerprint density at radius 2 is 1.79 bits per heavy atom. The van der Waals surface area contributed by atoms with Gasteiger partial charge >= 0.3 is 5.97 Å². The zero-order valence-electron chi connectivity index (χ0n) is 6.81. The lowest BCUT2D eigenvalue weighted by Crippen LogP contribution is -2.16. The summed E-state index contributed by atoms with van der Waals surface area (Å²) in [5.41, 5.74) is 4.15. The number of nitrogens with two attached hydrogens (primary N) is 1. The number of carbonyl (C=O) groups excluding carboxylic acids is 1. The van der Waals surface area contributed by atoms with Crippen LogP contribution in [0.25, 0.3) is 0 Å². The molecule has 76 valence electrons. The van der Waals surface area contributed by atoms with Gasteiger partial charge < -0.3 is 20.7 Å². The van der Waals surface area contributed by atoms with Gasteiger partial charge in [0.2, 0.25) is 5.76 Å². The molecule has 0 spiro atoms. The van der Waals surface area contributed by atoms with E-state index in [0.29, 0.717) is 0 Å². The number of aromatic carboxylic acids is 1. The van der Waals surface area contributed by atoms with E-state index in [1.54, 1.807) is 0 Å². The predicted molar refractivity (Wildman–Crippen MR) is 44.1 cm³/mol. The van der Waals surface area contributed by atoms with Crippen molar-refractivity contribution < 1.29 is 24.6 Å². The van der Waals surface area contributed by atoms with Crippen LogP contribution in [0.1, 0.15) is 21.1 Å². The largest absolute Gasteiger partial charge is 0.475 e. The molecule has 14 heavy (non-hydrogen) atoms. The van der Waals surface area contributed by atoms with Crippen molar-refractivity contribution in [2.75, 3.05) is 0 Å². The molecule has 1 aromatic rings. The van der Waals surface area contributed by atoms with E-state index in [0.717, 1.165) is 12.1 Å². The van der Waals surface area contributed by atoms with Crippen molar-refractivity contribution in [2.45, 2.75) is 0 Å². The van der Waals surface area contributed by atoms with Gasteiger partial charge in [-0.2, -0.15) is 0 Å². The van der Waals surface area contributed by atoms with E-state index in [2.05, 4.69) is 4.42 Å². The number of carboxylic acid groups (broad SMARTS) is 1. The number of carboxylic acids is 1. The molecule has 0 unspecified atom stereocenters. The van der Waals surface area contributed by atoms with E-state index < -0.39 is 28.8 Å². The number of rotatable bonds is 2. The standard InChI is InChI=1S/C7H5NO5.H2O/c8-6(10)4-1-3(9)2-5(13-4)7(11)12;/h1-2H,(H2,8,10)(H,11,12);1H2. The summed E-state index contributed by atoms with van der Waals surface area (Å²) in [6.45, 7) is 0. The van der Waals surface area contributed by atoms with Crippen molar-refractivity contribution in [3.8, 4) is 0 Å². The fourth-order valence-corrected chi connectivity index (χ4v) is 0.704. The molecule has 1 aromatic heterocycles. The number of amides is 1. The maximum absolute atomic E-state index is 10.8. The first-order valence-corrected chi connectivity index (χ1v) is 3.19. The summed E-state index contributed by atoms with van der Waals surface area (Å²) in [6.07, 6.45) is 0. The van der Waals surface area contributed by atoms with Gasteiger partial charge in [0.1, 0.15) is 0 Å². The fraction of sp³-hybridized carbons (Fsp3) is 0. The van der Waals surface area contributed by atoms with Gasteiger partial charge in [-0.15, -0.1) is 0 Å². The van der Waals surface area contributed by atoms with E-state index in [1.165, 1.54) is 0 Å². The highest BCUT2D eigenvalue weighted by Gasteiger charge is 2.11. The number of hydrogen-bond acceptors (Lipinski definition) is 4. The van der Waals surface area contributed by atoms with Gasteiger partial charge in [-0.1, -0.05) is 0 Å².